The van der Waals surface area contributed by atoms with Crippen LogP contribution in [0.3, 0.4) is 0 Å². The Hall–Kier alpha value is -1.21. The van der Waals surface area contributed by atoms with Crippen LogP contribution >= 0.6 is 12.2 Å². The minimum Gasteiger partial charge on any atom is -0.496 e. The van der Waals surface area contributed by atoms with E-state index in [2.05, 4.69) is 11.8 Å². The number of morpholine rings is 1. The molecule has 1 aromatic carbocycles. The van der Waals surface area contributed by atoms with Crippen LogP contribution in [0.1, 0.15) is 18.1 Å². The summed E-state index contributed by atoms with van der Waals surface area (Å²) >= 11 is 5.07. The first kappa shape index (κ1) is 16.2. The number of methoxy groups -OCH3 is 1. The Morgan fingerprint density at radius 3 is 2.95 bits per heavy atom. The summed E-state index contributed by atoms with van der Waals surface area (Å²) in [6, 6.07) is 6.18. The lowest BCUT2D eigenvalue weighted by Crippen LogP contribution is -2.48. The quantitative estimate of drug-likeness (QED) is 0.788. The standard InChI is InChI=1S/C15H22N2O3S/c1-10-9-20-12(8-18)7-17(10)6-11-3-4-14(19-2)13(5-11)15(16)21/h3-5,10,12,18H,6-9H2,1-2H3,(H2,16,21). The fraction of sp³-hybridized carbons (Fsp3) is 0.533. The fourth-order valence-corrected chi connectivity index (χ4v) is 2.65. The summed E-state index contributed by atoms with van der Waals surface area (Å²) in [6.07, 6.45) is -0.116. The molecule has 1 aliphatic rings. The first-order chi connectivity index (χ1) is 10.0. The van der Waals surface area contributed by atoms with E-state index in [1.807, 2.05) is 18.2 Å². The maximum absolute atomic E-state index is 9.24. The van der Waals surface area contributed by atoms with Crippen molar-refractivity contribution in [3.05, 3.63) is 29.3 Å². The molecule has 2 rings (SSSR count). The van der Waals surface area contributed by atoms with Gasteiger partial charge in [0, 0.05) is 19.1 Å². The molecule has 0 aliphatic carbocycles. The highest BCUT2D eigenvalue weighted by Gasteiger charge is 2.25. The summed E-state index contributed by atoms with van der Waals surface area (Å²) in [5.74, 6) is 0.689. The van der Waals surface area contributed by atoms with Crippen LogP contribution in [0, 0.1) is 0 Å². The number of rotatable bonds is 5. The number of ether oxygens (including phenoxy) is 2. The Bertz CT molecular complexity index is 510. The van der Waals surface area contributed by atoms with Gasteiger partial charge in [0.1, 0.15) is 10.7 Å². The molecule has 1 saturated heterocycles. The summed E-state index contributed by atoms with van der Waals surface area (Å²) < 4.78 is 10.8. The monoisotopic (exact) mass is 310 g/mol. The maximum atomic E-state index is 9.24. The van der Waals surface area contributed by atoms with Crippen LogP contribution in [-0.2, 0) is 11.3 Å². The summed E-state index contributed by atoms with van der Waals surface area (Å²) in [4.78, 5) is 2.62. The third-order valence-corrected chi connectivity index (χ3v) is 3.97. The van der Waals surface area contributed by atoms with Gasteiger partial charge >= 0.3 is 0 Å². The van der Waals surface area contributed by atoms with Gasteiger partial charge in [0.25, 0.3) is 0 Å². The van der Waals surface area contributed by atoms with Gasteiger partial charge in [-0.25, -0.2) is 0 Å². The van der Waals surface area contributed by atoms with Gasteiger partial charge in [-0.05, 0) is 24.6 Å². The molecule has 0 radical (unpaired) electrons. The van der Waals surface area contributed by atoms with Crippen molar-refractivity contribution < 1.29 is 14.6 Å². The number of hydrogen-bond donors (Lipinski definition) is 2. The Kier molecular flexibility index (Phi) is 5.52. The van der Waals surface area contributed by atoms with Crippen LogP contribution in [0.15, 0.2) is 18.2 Å². The average molecular weight is 310 g/mol. The second kappa shape index (κ2) is 7.17. The molecule has 6 heteroatoms. The Morgan fingerprint density at radius 2 is 2.33 bits per heavy atom. The zero-order valence-corrected chi connectivity index (χ0v) is 13.2. The molecule has 1 heterocycles. The number of hydrogen-bond acceptors (Lipinski definition) is 5. The number of thiocarbonyl (C=S) groups is 1. The van der Waals surface area contributed by atoms with Gasteiger partial charge in [-0.3, -0.25) is 4.90 Å². The van der Waals surface area contributed by atoms with E-state index < -0.39 is 0 Å². The first-order valence-electron chi connectivity index (χ1n) is 6.98. The molecule has 3 N–H and O–H groups in total. The lowest BCUT2D eigenvalue weighted by Gasteiger charge is -2.37. The Labute approximate surface area is 130 Å². The molecule has 2 unspecified atom stereocenters. The average Bonchev–Trinajstić information content (AvgIpc) is 2.49. The summed E-state index contributed by atoms with van der Waals surface area (Å²) in [7, 11) is 1.60. The lowest BCUT2D eigenvalue weighted by atomic mass is 10.1. The van der Waals surface area contributed by atoms with Gasteiger partial charge < -0.3 is 20.3 Å². The van der Waals surface area contributed by atoms with Gasteiger partial charge in [0.15, 0.2) is 0 Å². The second-order valence-electron chi connectivity index (χ2n) is 5.32. The molecule has 1 aliphatic heterocycles. The molecule has 0 spiro atoms. The number of nitrogens with two attached hydrogens (primary N) is 1. The molecule has 2 atom stereocenters. The molecule has 0 aromatic heterocycles. The minimum atomic E-state index is -0.116. The third kappa shape index (κ3) is 3.91. The molecular formula is C15H22N2O3S. The van der Waals surface area contributed by atoms with Crippen LogP contribution in [0.4, 0.5) is 0 Å². The second-order valence-corrected chi connectivity index (χ2v) is 5.76. The van der Waals surface area contributed by atoms with Crippen molar-refractivity contribution in [1.29, 1.82) is 0 Å². The zero-order valence-electron chi connectivity index (χ0n) is 12.4. The first-order valence-corrected chi connectivity index (χ1v) is 7.39. The fourth-order valence-electron chi connectivity index (χ4n) is 2.49. The van der Waals surface area contributed by atoms with Crippen molar-refractivity contribution in [2.24, 2.45) is 5.73 Å². The van der Waals surface area contributed by atoms with E-state index in [1.54, 1.807) is 7.11 Å². The van der Waals surface area contributed by atoms with Crippen LogP contribution in [-0.4, -0.2) is 54.0 Å². The summed E-state index contributed by atoms with van der Waals surface area (Å²) in [5.41, 5.74) is 7.62. The van der Waals surface area contributed by atoms with Gasteiger partial charge in [-0.15, -0.1) is 0 Å². The summed E-state index contributed by atoms with van der Waals surface area (Å²) in [5, 5.41) is 9.24. The van der Waals surface area contributed by atoms with Crippen LogP contribution in [0.25, 0.3) is 0 Å². The van der Waals surface area contributed by atoms with Crippen molar-refractivity contribution in [2.45, 2.75) is 25.6 Å². The third-order valence-electron chi connectivity index (χ3n) is 3.75. The van der Waals surface area contributed by atoms with E-state index in [9.17, 15) is 5.11 Å². The number of benzene rings is 1. The number of aliphatic hydroxyl groups is 1. The number of aliphatic hydroxyl groups excluding tert-OH is 1. The molecule has 0 saturated carbocycles. The molecule has 21 heavy (non-hydrogen) atoms. The Morgan fingerprint density at radius 1 is 1.57 bits per heavy atom. The van der Waals surface area contributed by atoms with Crippen molar-refractivity contribution in [1.82, 2.24) is 4.90 Å². The molecule has 116 valence electrons. The van der Waals surface area contributed by atoms with E-state index in [4.69, 9.17) is 27.4 Å². The van der Waals surface area contributed by atoms with Crippen LogP contribution in [0.5, 0.6) is 5.75 Å². The molecule has 0 amide bonds. The topological polar surface area (TPSA) is 68.0 Å². The van der Waals surface area contributed by atoms with Gasteiger partial charge in [0.2, 0.25) is 0 Å². The van der Waals surface area contributed by atoms with Gasteiger partial charge in [-0.2, -0.15) is 0 Å². The predicted molar refractivity (Wildman–Crippen MR) is 85.6 cm³/mol. The highest BCUT2D eigenvalue weighted by molar-refractivity contribution is 7.80. The Balaban J connectivity index is 2.15. The maximum Gasteiger partial charge on any atom is 0.129 e. The van der Waals surface area contributed by atoms with Crippen molar-refractivity contribution in [3.8, 4) is 5.75 Å². The molecule has 5 nitrogen and oxygen atoms in total. The van der Waals surface area contributed by atoms with Crippen molar-refractivity contribution >= 4 is 17.2 Å². The van der Waals surface area contributed by atoms with E-state index in [-0.39, 0.29) is 12.7 Å². The SMILES string of the molecule is COc1ccc(CN2CC(CO)OCC2C)cc1C(N)=S. The highest BCUT2D eigenvalue weighted by atomic mass is 32.1. The molecule has 1 fully saturated rings. The van der Waals surface area contributed by atoms with Gasteiger partial charge in [0.05, 0.1) is 32.0 Å². The number of nitrogens with zero attached hydrogens (tertiary/aromatic N) is 1. The van der Waals surface area contributed by atoms with Crippen molar-refractivity contribution in [2.75, 3.05) is 26.9 Å². The zero-order chi connectivity index (χ0) is 15.4. The smallest absolute Gasteiger partial charge is 0.129 e. The lowest BCUT2D eigenvalue weighted by molar-refractivity contribution is -0.0805. The van der Waals surface area contributed by atoms with Gasteiger partial charge in [-0.1, -0.05) is 18.3 Å². The van der Waals surface area contributed by atoms with E-state index in [0.29, 0.717) is 29.9 Å². The largest absolute Gasteiger partial charge is 0.496 e. The summed E-state index contributed by atoms with van der Waals surface area (Å²) in [6.45, 7) is 4.27. The molecular weight excluding hydrogens is 288 g/mol. The molecule has 0 bridgehead atoms. The van der Waals surface area contributed by atoms with Crippen LogP contribution in [0.2, 0.25) is 0 Å². The van der Waals surface area contributed by atoms with E-state index >= 15 is 0 Å². The minimum absolute atomic E-state index is 0.0456. The predicted octanol–water partition coefficient (Wildman–Crippen LogP) is 0.911. The van der Waals surface area contributed by atoms with E-state index in [0.717, 1.165) is 17.7 Å². The molecule has 1 aromatic rings. The van der Waals surface area contributed by atoms with Crippen molar-refractivity contribution in [3.63, 3.8) is 0 Å². The highest BCUT2D eigenvalue weighted by Crippen LogP contribution is 2.22. The van der Waals surface area contributed by atoms with Crippen LogP contribution < -0.4 is 10.5 Å². The normalized spacial score (nSPS) is 23.0. The van der Waals surface area contributed by atoms with E-state index in [1.165, 1.54) is 0 Å².